The zero-order valence-corrected chi connectivity index (χ0v) is 19.1. The van der Waals surface area contributed by atoms with Crippen LogP contribution in [0, 0.1) is 0 Å². The Hall–Kier alpha value is -3.15. The van der Waals surface area contributed by atoms with E-state index >= 15 is 0 Å². The minimum absolute atomic E-state index is 0.0549. The van der Waals surface area contributed by atoms with Gasteiger partial charge in [-0.3, -0.25) is 19.3 Å². The van der Waals surface area contributed by atoms with E-state index in [0.29, 0.717) is 24.1 Å². The second-order valence-electron chi connectivity index (χ2n) is 9.16. The summed E-state index contributed by atoms with van der Waals surface area (Å²) in [4.78, 5) is 41.7. The number of rotatable bonds is 7. The third kappa shape index (κ3) is 5.27. The first-order chi connectivity index (χ1) is 16.1. The molecule has 0 aliphatic heterocycles. The van der Waals surface area contributed by atoms with Gasteiger partial charge >= 0.3 is 0 Å². The van der Waals surface area contributed by atoms with E-state index in [-0.39, 0.29) is 30.3 Å². The van der Waals surface area contributed by atoms with E-state index in [0.717, 1.165) is 44.9 Å². The molecule has 2 aromatic carbocycles. The molecule has 2 aromatic rings. The molecule has 3 amide bonds. The van der Waals surface area contributed by atoms with E-state index < -0.39 is 5.54 Å². The lowest BCUT2D eigenvalue weighted by Gasteiger charge is -2.45. The Bertz CT molecular complexity index is 949. The number of carbonyl (C=O) groups excluding carboxylic acids is 3. The second kappa shape index (κ2) is 10.6. The molecule has 33 heavy (non-hydrogen) atoms. The second-order valence-corrected chi connectivity index (χ2v) is 9.16. The maximum atomic E-state index is 13.8. The zero-order valence-electron chi connectivity index (χ0n) is 19.1. The molecule has 0 heterocycles. The quantitative estimate of drug-likeness (QED) is 0.667. The van der Waals surface area contributed by atoms with Crippen LogP contribution in [-0.4, -0.2) is 35.8 Å². The molecule has 2 aliphatic carbocycles. The number of hydrogen-bond donors (Lipinski definition) is 2. The van der Waals surface area contributed by atoms with Gasteiger partial charge in [-0.15, -0.1) is 0 Å². The fraction of sp³-hybridized carbons (Fsp3) is 0.444. The third-order valence-corrected chi connectivity index (χ3v) is 6.92. The lowest BCUT2D eigenvalue weighted by Crippen LogP contribution is -2.64. The van der Waals surface area contributed by atoms with Crippen LogP contribution >= 0.6 is 0 Å². The van der Waals surface area contributed by atoms with Crippen molar-refractivity contribution in [1.82, 2.24) is 10.6 Å². The molecule has 0 bridgehead atoms. The van der Waals surface area contributed by atoms with Gasteiger partial charge in [0.1, 0.15) is 5.54 Å². The highest BCUT2D eigenvalue weighted by molar-refractivity contribution is 6.06. The standard InChI is InChI=1S/C27H33N3O3/c31-24(20-28-25(32)21-12-4-1-5-13-21)30(23-16-6-2-7-17-23)27(18-10-3-11-19-27)26(33)29-22-14-8-9-15-22/h1-2,4-7,12-13,16-17,22H,3,8-11,14-15,18-20H2,(H,28,32)(H,29,33). The fourth-order valence-corrected chi connectivity index (χ4v) is 5.21. The van der Waals surface area contributed by atoms with E-state index in [2.05, 4.69) is 10.6 Å². The van der Waals surface area contributed by atoms with Crippen molar-refractivity contribution in [2.75, 3.05) is 11.4 Å². The highest BCUT2D eigenvalue weighted by atomic mass is 16.2. The summed E-state index contributed by atoms with van der Waals surface area (Å²) < 4.78 is 0. The average molecular weight is 448 g/mol. The minimum Gasteiger partial charge on any atom is -0.351 e. The number of carbonyl (C=O) groups is 3. The summed E-state index contributed by atoms with van der Waals surface area (Å²) in [5.74, 6) is -0.625. The predicted octanol–water partition coefficient (Wildman–Crippen LogP) is 4.21. The largest absolute Gasteiger partial charge is 0.351 e. The van der Waals surface area contributed by atoms with Crippen LogP contribution in [0.15, 0.2) is 60.7 Å². The van der Waals surface area contributed by atoms with E-state index in [1.54, 1.807) is 29.2 Å². The summed E-state index contributed by atoms with van der Waals surface area (Å²) >= 11 is 0. The van der Waals surface area contributed by atoms with Crippen molar-refractivity contribution >= 4 is 23.4 Å². The Morgan fingerprint density at radius 2 is 1.42 bits per heavy atom. The van der Waals surface area contributed by atoms with Crippen molar-refractivity contribution in [3.05, 3.63) is 66.2 Å². The molecule has 2 fully saturated rings. The van der Waals surface area contributed by atoms with Crippen molar-refractivity contribution in [1.29, 1.82) is 0 Å². The molecule has 2 saturated carbocycles. The lowest BCUT2D eigenvalue weighted by atomic mass is 9.78. The Kier molecular flexibility index (Phi) is 7.43. The van der Waals surface area contributed by atoms with Crippen LogP contribution in [0.1, 0.15) is 68.1 Å². The van der Waals surface area contributed by atoms with Crippen LogP contribution in [0.25, 0.3) is 0 Å². The lowest BCUT2D eigenvalue weighted by molar-refractivity contribution is -0.132. The summed E-state index contributed by atoms with van der Waals surface area (Å²) in [5, 5.41) is 6.02. The number of nitrogens with one attached hydrogen (secondary N) is 2. The molecule has 0 saturated heterocycles. The summed E-state index contributed by atoms with van der Waals surface area (Å²) in [7, 11) is 0. The van der Waals surface area contributed by atoms with Crippen molar-refractivity contribution in [3.8, 4) is 0 Å². The topological polar surface area (TPSA) is 78.5 Å². The van der Waals surface area contributed by atoms with E-state index in [1.807, 2.05) is 36.4 Å². The molecule has 4 rings (SSSR count). The Labute approximate surface area is 195 Å². The third-order valence-electron chi connectivity index (χ3n) is 6.92. The van der Waals surface area contributed by atoms with Crippen LogP contribution < -0.4 is 15.5 Å². The van der Waals surface area contributed by atoms with Crippen LogP contribution in [0.4, 0.5) is 5.69 Å². The number of para-hydroxylation sites is 1. The first-order valence-electron chi connectivity index (χ1n) is 12.1. The fourth-order valence-electron chi connectivity index (χ4n) is 5.21. The molecular weight excluding hydrogens is 414 g/mol. The van der Waals surface area contributed by atoms with Gasteiger partial charge in [0.15, 0.2) is 0 Å². The molecule has 2 N–H and O–H groups in total. The van der Waals surface area contributed by atoms with Gasteiger partial charge in [-0.1, -0.05) is 68.5 Å². The van der Waals surface area contributed by atoms with Gasteiger partial charge in [0.25, 0.3) is 5.91 Å². The average Bonchev–Trinajstić information content (AvgIpc) is 3.37. The SMILES string of the molecule is O=C(NCC(=O)N(c1ccccc1)C1(C(=O)NC2CCCC2)CCCCC1)c1ccccc1. The van der Waals surface area contributed by atoms with Gasteiger partial charge in [-0.05, 0) is 49.9 Å². The van der Waals surface area contributed by atoms with Gasteiger partial charge in [0.05, 0.1) is 6.54 Å². The van der Waals surface area contributed by atoms with Crippen LogP contribution in [-0.2, 0) is 9.59 Å². The number of nitrogens with zero attached hydrogens (tertiary/aromatic N) is 1. The molecule has 0 unspecified atom stereocenters. The molecule has 2 aliphatic rings. The summed E-state index contributed by atoms with van der Waals surface area (Å²) in [5.41, 5.74) is 0.263. The highest BCUT2D eigenvalue weighted by Crippen LogP contribution is 2.38. The first-order valence-corrected chi connectivity index (χ1v) is 12.1. The summed E-state index contributed by atoms with van der Waals surface area (Å²) in [6.45, 7) is -0.166. The molecule has 6 nitrogen and oxygen atoms in total. The maximum Gasteiger partial charge on any atom is 0.251 e. The first kappa shape index (κ1) is 23.0. The molecular formula is C27H33N3O3. The normalized spacial score (nSPS) is 17.8. The van der Waals surface area contributed by atoms with Crippen LogP contribution in [0.2, 0.25) is 0 Å². The van der Waals surface area contributed by atoms with E-state index in [9.17, 15) is 14.4 Å². The number of benzene rings is 2. The predicted molar refractivity (Wildman–Crippen MR) is 129 cm³/mol. The van der Waals surface area contributed by atoms with E-state index in [1.165, 1.54) is 0 Å². The highest BCUT2D eigenvalue weighted by Gasteiger charge is 2.48. The van der Waals surface area contributed by atoms with Crippen LogP contribution in [0.5, 0.6) is 0 Å². The molecule has 0 radical (unpaired) electrons. The summed E-state index contributed by atoms with van der Waals surface area (Å²) in [6.07, 6.45) is 8.34. The summed E-state index contributed by atoms with van der Waals surface area (Å²) in [6, 6.07) is 18.4. The number of hydrogen-bond acceptors (Lipinski definition) is 3. The molecule has 0 spiro atoms. The Morgan fingerprint density at radius 3 is 2.06 bits per heavy atom. The van der Waals surface area contributed by atoms with Gasteiger partial charge in [-0.25, -0.2) is 0 Å². The zero-order chi connectivity index (χ0) is 23.1. The smallest absolute Gasteiger partial charge is 0.251 e. The monoisotopic (exact) mass is 447 g/mol. The molecule has 0 aromatic heterocycles. The number of anilines is 1. The van der Waals surface area contributed by atoms with Gasteiger partial charge in [0, 0.05) is 17.3 Å². The van der Waals surface area contributed by atoms with Gasteiger partial charge in [-0.2, -0.15) is 0 Å². The molecule has 6 heteroatoms. The molecule has 174 valence electrons. The van der Waals surface area contributed by atoms with Gasteiger partial charge < -0.3 is 10.6 Å². The van der Waals surface area contributed by atoms with Gasteiger partial charge in [0.2, 0.25) is 11.8 Å². The van der Waals surface area contributed by atoms with Crippen molar-refractivity contribution in [2.45, 2.75) is 69.4 Å². The number of amides is 3. The Morgan fingerprint density at radius 1 is 0.818 bits per heavy atom. The van der Waals surface area contributed by atoms with Crippen LogP contribution in [0.3, 0.4) is 0 Å². The van der Waals surface area contributed by atoms with Crippen molar-refractivity contribution in [3.63, 3.8) is 0 Å². The minimum atomic E-state index is -0.934. The van der Waals surface area contributed by atoms with Crippen molar-refractivity contribution < 1.29 is 14.4 Å². The van der Waals surface area contributed by atoms with Crippen molar-refractivity contribution in [2.24, 2.45) is 0 Å². The molecule has 0 atom stereocenters. The maximum absolute atomic E-state index is 13.8. The van der Waals surface area contributed by atoms with E-state index in [4.69, 9.17) is 0 Å². The Balaban J connectivity index is 1.60.